The zero-order chi connectivity index (χ0) is 15.0. The average Bonchev–Trinajstić information content (AvgIpc) is 2.81. The van der Waals surface area contributed by atoms with Crippen molar-refractivity contribution in [3.8, 4) is 0 Å². The lowest BCUT2D eigenvalue weighted by Gasteiger charge is -2.16. The van der Waals surface area contributed by atoms with Crippen molar-refractivity contribution in [3.05, 3.63) is 17.5 Å². The highest BCUT2D eigenvalue weighted by Gasteiger charge is 2.11. The van der Waals surface area contributed by atoms with E-state index < -0.39 is 0 Å². The molecule has 0 aliphatic heterocycles. The second kappa shape index (κ2) is 8.19. The fourth-order valence-electron chi connectivity index (χ4n) is 1.58. The molecule has 1 aromatic rings. The van der Waals surface area contributed by atoms with E-state index in [2.05, 4.69) is 15.8 Å². The van der Waals surface area contributed by atoms with E-state index in [4.69, 9.17) is 4.52 Å². The van der Waals surface area contributed by atoms with E-state index in [0.29, 0.717) is 31.1 Å². The van der Waals surface area contributed by atoms with Gasteiger partial charge in [-0.15, -0.1) is 0 Å². The van der Waals surface area contributed by atoms with Crippen molar-refractivity contribution in [3.63, 3.8) is 0 Å². The summed E-state index contributed by atoms with van der Waals surface area (Å²) < 4.78 is 4.93. The van der Waals surface area contributed by atoms with E-state index in [1.165, 1.54) is 4.90 Å². The minimum absolute atomic E-state index is 0.0538. The van der Waals surface area contributed by atoms with Gasteiger partial charge in [0.25, 0.3) is 0 Å². The van der Waals surface area contributed by atoms with Crippen LogP contribution in [0.4, 0.5) is 4.79 Å². The Morgan fingerprint density at radius 2 is 2.10 bits per heavy atom. The van der Waals surface area contributed by atoms with E-state index in [1.807, 2.05) is 6.92 Å². The van der Waals surface area contributed by atoms with Crippen LogP contribution < -0.4 is 10.6 Å². The van der Waals surface area contributed by atoms with Crippen LogP contribution in [0.3, 0.4) is 0 Å². The summed E-state index contributed by atoms with van der Waals surface area (Å²) in [4.78, 5) is 24.6. The number of amides is 3. The Kier molecular flexibility index (Phi) is 6.55. The Morgan fingerprint density at radius 3 is 2.70 bits per heavy atom. The van der Waals surface area contributed by atoms with Gasteiger partial charge < -0.3 is 20.1 Å². The molecule has 3 amide bonds. The van der Waals surface area contributed by atoms with Crippen molar-refractivity contribution < 1.29 is 14.1 Å². The predicted molar refractivity (Wildman–Crippen MR) is 74.0 cm³/mol. The van der Waals surface area contributed by atoms with E-state index in [1.54, 1.807) is 20.0 Å². The number of urea groups is 1. The normalized spacial score (nSPS) is 10.2. The topological polar surface area (TPSA) is 87.5 Å². The Morgan fingerprint density at radius 1 is 1.35 bits per heavy atom. The number of aromatic nitrogens is 1. The fourth-order valence-corrected chi connectivity index (χ4v) is 1.58. The van der Waals surface area contributed by atoms with Crippen molar-refractivity contribution in [2.24, 2.45) is 0 Å². The van der Waals surface area contributed by atoms with Gasteiger partial charge in [-0.1, -0.05) is 12.1 Å². The third kappa shape index (κ3) is 5.73. The van der Waals surface area contributed by atoms with Gasteiger partial charge >= 0.3 is 6.03 Å². The third-order valence-electron chi connectivity index (χ3n) is 2.62. The molecule has 2 N–H and O–H groups in total. The Balaban J connectivity index is 2.23. The third-order valence-corrected chi connectivity index (χ3v) is 2.62. The first kappa shape index (κ1) is 16.0. The molecule has 112 valence electrons. The van der Waals surface area contributed by atoms with Crippen LogP contribution in [0.5, 0.6) is 0 Å². The van der Waals surface area contributed by atoms with Crippen LogP contribution in [0.25, 0.3) is 0 Å². The summed E-state index contributed by atoms with van der Waals surface area (Å²) >= 11 is 0. The van der Waals surface area contributed by atoms with E-state index in [-0.39, 0.29) is 18.4 Å². The number of aryl methyl sites for hydroxylation is 1. The molecule has 0 fully saturated rings. The Bertz CT molecular complexity index is 445. The summed E-state index contributed by atoms with van der Waals surface area (Å²) in [7, 11) is 1.66. The quantitative estimate of drug-likeness (QED) is 0.782. The van der Waals surface area contributed by atoms with Crippen LogP contribution in [0, 0.1) is 6.92 Å². The lowest BCUT2D eigenvalue weighted by Crippen LogP contribution is -2.38. The summed E-state index contributed by atoms with van der Waals surface area (Å²) in [5.74, 6) is 0.656. The highest BCUT2D eigenvalue weighted by atomic mass is 16.5. The number of hydrogen-bond acceptors (Lipinski definition) is 4. The second-order valence-electron chi connectivity index (χ2n) is 4.62. The summed E-state index contributed by atoms with van der Waals surface area (Å²) in [5, 5.41) is 9.26. The molecule has 0 radical (unpaired) electrons. The minimum atomic E-state index is -0.242. The largest absolute Gasteiger partial charge is 0.361 e. The van der Waals surface area contributed by atoms with Gasteiger partial charge in [-0.2, -0.15) is 0 Å². The summed E-state index contributed by atoms with van der Waals surface area (Å²) in [6.45, 7) is 5.13. The molecule has 0 saturated carbocycles. The SMILES string of the molecule is CCCNC(=O)CCNC(=O)N(C)Cc1cc(C)on1. The Labute approximate surface area is 118 Å². The zero-order valence-electron chi connectivity index (χ0n) is 12.2. The van der Waals surface area contributed by atoms with Crippen molar-refractivity contribution in [2.45, 2.75) is 33.2 Å². The van der Waals surface area contributed by atoms with Gasteiger partial charge in [0.1, 0.15) is 11.5 Å². The summed E-state index contributed by atoms with van der Waals surface area (Å²) in [6.07, 6.45) is 1.18. The molecular formula is C13H22N4O3. The zero-order valence-corrected chi connectivity index (χ0v) is 12.2. The smallest absolute Gasteiger partial charge is 0.317 e. The number of carbonyl (C=O) groups is 2. The molecule has 0 aliphatic carbocycles. The van der Waals surface area contributed by atoms with Gasteiger partial charge in [0.15, 0.2) is 0 Å². The van der Waals surface area contributed by atoms with Crippen LogP contribution in [0.15, 0.2) is 10.6 Å². The highest BCUT2D eigenvalue weighted by Crippen LogP contribution is 2.04. The molecule has 0 aromatic carbocycles. The van der Waals surface area contributed by atoms with Crippen LogP contribution in [-0.2, 0) is 11.3 Å². The molecule has 0 unspecified atom stereocenters. The van der Waals surface area contributed by atoms with Crippen molar-refractivity contribution in [1.82, 2.24) is 20.7 Å². The maximum Gasteiger partial charge on any atom is 0.317 e. The molecular weight excluding hydrogens is 260 g/mol. The van der Waals surface area contributed by atoms with Gasteiger partial charge in [-0.25, -0.2) is 4.79 Å². The molecule has 20 heavy (non-hydrogen) atoms. The first-order chi connectivity index (χ1) is 9.52. The van der Waals surface area contributed by atoms with E-state index in [9.17, 15) is 9.59 Å². The average molecular weight is 282 g/mol. The van der Waals surface area contributed by atoms with Gasteiger partial charge in [0.05, 0.1) is 6.54 Å². The van der Waals surface area contributed by atoms with Gasteiger partial charge in [-0.3, -0.25) is 4.79 Å². The molecule has 0 bridgehead atoms. The number of carbonyl (C=O) groups excluding carboxylic acids is 2. The van der Waals surface area contributed by atoms with Gasteiger partial charge in [0, 0.05) is 32.6 Å². The standard InChI is InChI=1S/C13H22N4O3/c1-4-6-14-12(18)5-7-15-13(19)17(3)9-11-8-10(2)20-16-11/h8H,4-7,9H2,1-3H3,(H,14,18)(H,15,19). The molecule has 1 heterocycles. The monoisotopic (exact) mass is 282 g/mol. The van der Waals surface area contributed by atoms with Crippen LogP contribution in [-0.4, -0.2) is 42.1 Å². The number of nitrogens with zero attached hydrogens (tertiary/aromatic N) is 2. The van der Waals surface area contributed by atoms with Crippen LogP contribution in [0.2, 0.25) is 0 Å². The number of hydrogen-bond donors (Lipinski definition) is 2. The lowest BCUT2D eigenvalue weighted by molar-refractivity contribution is -0.120. The van der Waals surface area contributed by atoms with Crippen molar-refractivity contribution in [1.29, 1.82) is 0 Å². The van der Waals surface area contributed by atoms with Gasteiger partial charge in [0.2, 0.25) is 5.91 Å². The minimum Gasteiger partial charge on any atom is -0.361 e. The molecule has 0 spiro atoms. The first-order valence-electron chi connectivity index (χ1n) is 6.70. The second-order valence-corrected chi connectivity index (χ2v) is 4.62. The van der Waals surface area contributed by atoms with E-state index >= 15 is 0 Å². The first-order valence-corrected chi connectivity index (χ1v) is 6.70. The summed E-state index contributed by atoms with van der Waals surface area (Å²) in [5.41, 5.74) is 0.695. The van der Waals surface area contributed by atoms with Crippen molar-refractivity contribution >= 4 is 11.9 Å². The fraction of sp³-hybridized carbons (Fsp3) is 0.615. The molecule has 7 heteroatoms. The molecule has 0 atom stereocenters. The molecule has 7 nitrogen and oxygen atoms in total. The molecule has 1 aromatic heterocycles. The number of nitrogens with one attached hydrogen (secondary N) is 2. The summed E-state index contributed by atoms with van der Waals surface area (Å²) in [6, 6.07) is 1.54. The Hall–Kier alpha value is -2.05. The van der Waals surface area contributed by atoms with Gasteiger partial charge in [-0.05, 0) is 13.3 Å². The van der Waals surface area contributed by atoms with Crippen LogP contribution >= 0.6 is 0 Å². The molecule has 0 saturated heterocycles. The maximum absolute atomic E-state index is 11.8. The van der Waals surface area contributed by atoms with Crippen molar-refractivity contribution in [2.75, 3.05) is 20.1 Å². The highest BCUT2D eigenvalue weighted by molar-refractivity contribution is 5.78. The molecule has 1 rings (SSSR count). The van der Waals surface area contributed by atoms with Crippen LogP contribution in [0.1, 0.15) is 31.2 Å². The van der Waals surface area contributed by atoms with E-state index in [0.717, 1.165) is 6.42 Å². The molecule has 0 aliphatic rings. The lowest BCUT2D eigenvalue weighted by atomic mass is 10.3. The predicted octanol–water partition coefficient (Wildman–Crippen LogP) is 1.04. The number of rotatable bonds is 7. The maximum atomic E-state index is 11.8.